The van der Waals surface area contributed by atoms with E-state index in [1.807, 2.05) is 13.1 Å². The molecule has 0 aliphatic rings. The summed E-state index contributed by atoms with van der Waals surface area (Å²) in [6, 6.07) is 3.60. The summed E-state index contributed by atoms with van der Waals surface area (Å²) in [5.41, 5.74) is 0.243. The van der Waals surface area contributed by atoms with E-state index >= 15 is 0 Å². The van der Waals surface area contributed by atoms with E-state index in [0.717, 1.165) is 12.2 Å². The molecule has 4 nitrogen and oxygen atoms in total. The number of rotatable bonds is 5. The summed E-state index contributed by atoms with van der Waals surface area (Å²) >= 11 is 0. The maximum Gasteiger partial charge on any atom is 0.373 e. The summed E-state index contributed by atoms with van der Waals surface area (Å²) in [5.74, 6) is 1.11. The van der Waals surface area contributed by atoms with Gasteiger partial charge in [-0.1, -0.05) is 27.7 Å². The Labute approximate surface area is 115 Å². The molecule has 1 aromatic heterocycles. The summed E-state index contributed by atoms with van der Waals surface area (Å²) < 4.78 is 10.2. The zero-order chi connectivity index (χ0) is 14.6. The monoisotopic (exact) mass is 267 g/mol. The van der Waals surface area contributed by atoms with Gasteiger partial charge in [-0.25, -0.2) is 4.79 Å². The molecule has 0 fully saturated rings. The predicted molar refractivity (Wildman–Crippen MR) is 75.1 cm³/mol. The van der Waals surface area contributed by atoms with Crippen LogP contribution < -0.4 is 5.32 Å². The number of carbonyl (C=O) groups excluding carboxylic acids is 1. The van der Waals surface area contributed by atoms with Crippen LogP contribution in [0.2, 0.25) is 0 Å². The molecular formula is C15H25NO3. The van der Waals surface area contributed by atoms with Gasteiger partial charge in [0.2, 0.25) is 5.76 Å². The molecule has 0 spiro atoms. The molecular weight excluding hydrogens is 242 g/mol. The van der Waals surface area contributed by atoms with Crippen LogP contribution in [0.4, 0.5) is 0 Å². The van der Waals surface area contributed by atoms with Crippen LogP contribution in [0.3, 0.4) is 0 Å². The van der Waals surface area contributed by atoms with E-state index in [4.69, 9.17) is 4.42 Å². The Bertz CT molecular complexity index is 417. The first-order valence-electron chi connectivity index (χ1n) is 6.65. The van der Waals surface area contributed by atoms with E-state index in [1.54, 1.807) is 6.07 Å². The number of nitrogens with one attached hydrogen (secondary N) is 1. The van der Waals surface area contributed by atoms with E-state index < -0.39 is 5.97 Å². The van der Waals surface area contributed by atoms with Gasteiger partial charge in [-0.05, 0) is 36.9 Å². The van der Waals surface area contributed by atoms with E-state index in [2.05, 4.69) is 37.7 Å². The smallest absolute Gasteiger partial charge is 0.373 e. The quantitative estimate of drug-likeness (QED) is 0.831. The van der Waals surface area contributed by atoms with Crippen molar-refractivity contribution in [3.63, 3.8) is 0 Å². The van der Waals surface area contributed by atoms with E-state index in [1.165, 1.54) is 7.11 Å². The molecule has 19 heavy (non-hydrogen) atoms. The Morgan fingerprint density at radius 1 is 1.42 bits per heavy atom. The number of methoxy groups -OCH3 is 1. The molecule has 0 saturated heterocycles. The first kappa shape index (κ1) is 15.8. The third kappa shape index (κ3) is 4.10. The molecule has 0 aliphatic carbocycles. The highest BCUT2D eigenvalue weighted by Crippen LogP contribution is 2.33. The van der Waals surface area contributed by atoms with Crippen LogP contribution in [-0.4, -0.2) is 20.1 Å². The molecule has 1 N–H and O–H groups in total. The molecule has 0 radical (unpaired) electrons. The van der Waals surface area contributed by atoms with Crippen LogP contribution in [0.1, 0.15) is 56.5 Å². The summed E-state index contributed by atoms with van der Waals surface area (Å²) in [5, 5.41) is 3.25. The van der Waals surface area contributed by atoms with Gasteiger partial charge in [0.1, 0.15) is 5.76 Å². The van der Waals surface area contributed by atoms with Crippen molar-refractivity contribution < 1.29 is 13.9 Å². The Morgan fingerprint density at radius 3 is 2.53 bits per heavy atom. The molecule has 1 rings (SSSR count). The SMILES string of the molecule is CNC(CC(C)C(C)(C)C)c1ccc(C(=O)OC)o1. The lowest BCUT2D eigenvalue weighted by molar-refractivity contribution is 0.0561. The Balaban J connectivity index is 2.80. The average molecular weight is 267 g/mol. The van der Waals surface area contributed by atoms with Gasteiger partial charge in [0.15, 0.2) is 0 Å². The number of hydrogen-bond acceptors (Lipinski definition) is 4. The van der Waals surface area contributed by atoms with Gasteiger partial charge in [0.05, 0.1) is 13.2 Å². The lowest BCUT2D eigenvalue weighted by Gasteiger charge is -2.30. The van der Waals surface area contributed by atoms with Gasteiger partial charge in [-0.15, -0.1) is 0 Å². The average Bonchev–Trinajstić information content (AvgIpc) is 2.82. The second-order valence-corrected chi connectivity index (χ2v) is 6.04. The minimum atomic E-state index is -0.440. The lowest BCUT2D eigenvalue weighted by atomic mass is 9.78. The predicted octanol–water partition coefficient (Wildman–Crippen LogP) is 3.40. The Kier molecular flexibility index (Phi) is 5.18. The van der Waals surface area contributed by atoms with Crippen molar-refractivity contribution in [2.45, 2.75) is 40.2 Å². The fourth-order valence-electron chi connectivity index (χ4n) is 1.83. The molecule has 2 unspecified atom stereocenters. The molecule has 0 aromatic carbocycles. The molecule has 1 aromatic rings. The highest BCUT2D eigenvalue weighted by molar-refractivity contribution is 5.86. The molecule has 1 heterocycles. The second kappa shape index (κ2) is 6.24. The van der Waals surface area contributed by atoms with Crippen LogP contribution in [0.25, 0.3) is 0 Å². The van der Waals surface area contributed by atoms with Crippen molar-refractivity contribution in [3.05, 3.63) is 23.7 Å². The molecule has 0 aliphatic heterocycles. The fourth-order valence-corrected chi connectivity index (χ4v) is 1.83. The largest absolute Gasteiger partial charge is 0.463 e. The van der Waals surface area contributed by atoms with E-state index in [-0.39, 0.29) is 17.2 Å². The number of furan rings is 1. The molecule has 2 atom stereocenters. The van der Waals surface area contributed by atoms with Gasteiger partial charge in [0, 0.05) is 0 Å². The van der Waals surface area contributed by atoms with Crippen LogP contribution >= 0.6 is 0 Å². The maximum atomic E-state index is 11.4. The van der Waals surface area contributed by atoms with Crippen molar-refractivity contribution >= 4 is 5.97 Å². The standard InChI is InChI=1S/C15H25NO3/c1-10(15(2,3)4)9-11(16-5)12-7-8-13(19-12)14(17)18-6/h7-8,10-11,16H,9H2,1-6H3. The zero-order valence-corrected chi connectivity index (χ0v) is 12.7. The van der Waals surface area contributed by atoms with Gasteiger partial charge >= 0.3 is 5.97 Å². The summed E-state index contributed by atoms with van der Waals surface area (Å²) in [6.07, 6.45) is 0.953. The topological polar surface area (TPSA) is 51.5 Å². The number of carbonyl (C=O) groups is 1. The molecule has 0 bridgehead atoms. The van der Waals surface area contributed by atoms with Crippen LogP contribution in [0.5, 0.6) is 0 Å². The van der Waals surface area contributed by atoms with Crippen molar-refractivity contribution in [3.8, 4) is 0 Å². The maximum absolute atomic E-state index is 11.4. The summed E-state index contributed by atoms with van der Waals surface area (Å²) in [7, 11) is 3.25. The molecule has 108 valence electrons. The van der Waals surface area contributed by atoms with Crippen molar-refractivity contribution in [1.29, 1.82) is 0 Å². The summed E-state index contributed by atoms with van der Waals surface area (Å²) in [6.45, 7) is 8.92. The lowest BCUT2D eigenvalue weighted by Crippen LogP contribution is -2.25. The highest BCUT2D eigenvalue weighted by Gasteiger charge is 2.25. The first-order valence-corrected chi connectivity index (χ1v) is 6.65. The van der Waals surface area contributed by atoms with Crippen LogP contribution in [0.15, 0.2) is 16.5 Å². The normalized spacial score (nSPS) is 15.1. The molecule has 0 saturated carbocycles. The van der Waals surface area contributed by atoms with E-state index in [0.29, 0.717) is 5.92 Å². The molecule has 4 heteroatoms. The second-order valence-electron chi connectivity index (χ2n) is 6.04. The van der Waals surface area contributed by atoms with Crippen molar-refractivity contribution in [2.75, 3.05) is 14.2 Å². The summed E-state index contributed by atoms with van der Waals surface area (Å²) in [4.78, 5) is 11.4. The van der Waals surface area contributed by atoms with Gasteiger partial charge in [-0.3, -0.25) is 0 Å². The van der Waals surface area contributed by atoms with Gasteiger partial charge in [0.25, 0.3) is 0 Å². The highest BCUT2D eigenvalue weighted by atomic mass is 16.5. The van der Waals surface area contributed by atoms with Gasteiger partial charge < -0.3 is 14.5 Å². The Morgan fingerprint density at radius 2 is 2.05 bits per heavy atom. The Hall–Kier alpha value is -1.29. The number of esters is 1. The minimum absolute atomic E-state index is 0.104. The van der Waals surface area contributed by atoms with Crippen LogP contribution in [-0.2, 0) is 4.74 Å². The number of ether oxygens (including phenoxy) is 1. The molecule has 0 amide bonds. The fraction of sp³-hybridized carbons (Fsp3) is 0.667. The third-order valence-corrected chi connectivity index (χ3v) is 3.77. The van der Waals surface area contributed by atoms with Crippen molar-refractivity contribution in [2.24, 2.45) is 11.3 Å². The first-order chi connectivity index (χ1) is 8.79. The van der Waals surface area contributed by atoms with E-state index in [9.17, 15) is 4.79 Å². The zero-order valence-electron chi connectivity index (χ0n) is 12.7. The van der Waals surface area contributed by atoms with Gasteiger partial charge in [-0.2, -0.15) is 0 Å². The van der Waals surface area contributed by atoms with Crippen molar-refractivity contribution in [1.82, 2.24) is 5.32 Å². The number of hydrogen-bond donors (Lipinski definition) is 1. The minimum Gasteiger partial charge on any atom is -0.463 e. The third-order valence-electron chi connectivity index (χ3n) is 3.77. The van der Waals surface area contributed by atoms with Crippen LogP contribution in [0, 0.1) is 11.3 Å².